The van der Waals surface area contributed by atoms with E-state index in [4.69, 9.17) is 0 Å². The predicted octanol–water partition coefficient (Wildman–Crippen LogP) is 3.32. The van der Waals surface area contributed by atoms with Crippen molar-refractivity contribution in [2.24, 2.45) is 0 Å². The van der Waals surface area contributed by atoms with Crippen LogP contribution in [0.15, 0.2) is 47.5 Å². The molecular formula is C18H21N3O. The monoisotopic (exact) mass is 295 g/mol. The number of nitrogens with zero attached hydrogens (tertiary/aromatic N) is 3. The van der Waals surface area contributed by atoms with Gasteiger partial charge < -0.3 is 0 Å². The van der Waals surface area contributed by atoms with Crippen molar-refractivity contribution in [3.05, 3.63) is 75.5 Å². The second kappa shape index (κ2) is 6.98. The summed E-state index contributed by atoms with van der Waals surface area (Å²) < 4.78 is 1.67. The molecule has 0 unspecified atom stereocenters. The van der Waals surface area contributed by atoms with E-state index in [1.807, 2.05) is 38.1 Å². The minimum atomic E-state index is -0.196. The first-order valence-electron chi connectivity index (χ1n) is 7.54. The Morgan fingerprint density at radius 2 is 1.77 bits per heavy atom. The maximum atomic E-state index is 11.5. The summed E-state index contributed by atoms with van der Waals surface area (Å²) in [5, 5.41) is 4.53. The van der Waals surface area contributed by atoms with Gasteiger partial charge in [-0.1, -0.05) is 38.1 Å². The molecule has 0 bridgehead atoms. The number of aryl methyl sites for hydroxylation is 2. The van der Waals surface area contributed by atoms with E-state index in [1.165, 1.54) is 17.5 Å². The quantitative estimate of drug-likeness (QED) is 0.728. The summed E-state index contributed by atoms with van der Waals surface area (Å²) in [6.45, 7) is 7.87. The van der Waals surface area contributed by atoms with Gasteiger partial charge in [-0.3, -0.25) is 4.79 Å². The summed E-state index contributed by atoms with van der Waals surface area (Å²) in [6, 6.07) is 12.2. The maximum absolute atomic E-state index is 11.5. The van der Waals surface area contributed by atoms with Gasteiger partial charge in [-0.25, -0.2) is 4.52 Å². The lowest BCUT2D eigenvalue weighted by Crippen LogP contribution is -2.14. The average Bonchev–Trinajstić information content (AvgIpc) is 2.55. The fourth-order valence-corrected chi connectivity index (χ4v) is 2.27. The van der Waals surface area contributed by atoms with Gasteiger partial charge in [0.25, 0.3) is 5.56 Å². The predicted molar refractivity (Wildman–Crippen MR) is 89.3 cm³/mol. The Morgan fingerprint density at radius 1 is 1.05 bits per heavy atom. The molecule has 0 spiro atoms. The SMILES string of the molecule is CC.Cc1ccccc1Cc1ccc2c(C)c(=O)ncn2n1. The van der Waals surface area contributed by atoms with Crippen molar-refractivity contribution >= 4 is 5.52 Å². The summed E-state index contributed by atoms with van der Waals surface area (Å²) in [5.41, 5.74) is 4.70. The van der Waals surface area contributed by atoms with Gasteiger partial charge in [0.1, 0.15) is 6.33 Å². The third-order valence-corrected chi connectivity index (χ3v) is 3.54. The van der Waals surface area contributed by atoms with E-state index >= 15 is 0 Å². The van der Waals surface area contributed by atoms with Gasteiger partial charge in [0.05, 0.1) is 11.2 Å². The highest BCUT2D eigenvalue weighted by atomic mass is 16.1. The summed E-state index contributed by atoms with van der Waals surface area (Å²) in [7, 11) is 0. The zero-order valence-electron chi connectivity index (χ0n) is 13.5. The number of rotatable bonds is 2. The van der Waals surface area contributed by atoms with Crippen LogP contribution in [-0.2, 0) is 6.42 Å². The summed E-state index contributed by atoms with van der Waals surface area (Å²) in [5.74, 6) is 0. The van der Waals surface area contributed by atoms with Crippen molar-refractivity contribution in [1.82, 2.24) is 14.6 Å². The van der Waals surface area contributed by atoms with Crippen molar-refractivity contribution in [3.8, 4) is 0 Å². The number of hydrogen-bond donors (Lipinski definition) is 0. The molecule has 0 atom stereocenters. The third kappa shape index (κ3) is 3.22. The first kappa shape index (κ1) is 15.9. The van der Waals surface area contributed by atoms with Crippen LogP contribution in [0.1, 0.15) is 36.2 Å². The molecule has 4 nitrogen and oxygen atoms in total. The van der Waals surface area contributed by atoms with Gasteiger partial charge >= 0.3 is 0 Å². The molecule has 2 heterocycles. The average molecular weight is 295 g/mol. The maximum Gasteiger partial charge on any atom is 0.276 e. The lowest BCUT2D eigenvalue weighted by atomic mass is 10.0. The smallest absolute Gasteiger partial charge is 0.267 e. The zero-order valence-corrected chi connectivity index (χ0v) is 13.5. The minimum absolute atomic E-state index is 0.196. The fraction of sp³-hybridized carbons (Fsp3) is 0.278. The highest BCUT2D eigenvalue weighted by molar-refractivity contribution is 5.51. The van der Waals surface area contributed by atoms with Crippen molar-refractivity contribution in [2.75, 3.05) is 0 Å². The van der Waals surface area contributed by atoms with Crippen LogP contribution in [0, 0.1) is 13.8 Å². The first-order valence-corrected chi connectivity index (χ1v) is 7.54. The molecule has 0 aliphatic carbocycles. The molecule has 0 radical (unpaired) electrons. The van der Waals surface area contributed by atoms with Crippen LogP contribution >= 0.6 is 0 Å². The third-order valence-electron chi connectivity index (χ3n) is 3.54. The van der Waals surface area contributed by atoms with Gasteiger partial charge in [0.2, 0.25) is 0 Å². The van der Waals surface area contributed by atoms with Crippen LogP contribution in [0.3, 0.4) is 0 Å². The summed E-state index contributed by atoms with van der Waals surface area (Å²) >= 11 is 0. The van der Waals surface area contributed by atoms with Crippen LogP contribution in [0.2, 0.25) is 0 Å². The van der Waals surface area contributed by atoms with E-state index in [1.54, 1.807) is 11.4 Å². The number of benzene rings is 1. The standard InChI is InChI=1S/C16H15N3O.C2H6/c1-11-5-3-4-6-13(11)9-14-7-8-15-12(2)16(20)17-10-19(15)18-14;1-2/h3-8,10H,9H2,1-2H3;1-2H3. The minimum Gasteiger partial charge on any atom is -0.267 e. The van der Waals surface area contributed by atoms with E-state index in [9.17, 15) is 4.79 Å². The zero-order chi connectivity index (χ0) is 16.1. The molecule has 0 saturated heterocycles. The van der Waals surface area contributed by atoms with Gasteiger partial charge in [0.15, 0.2) is 0 Å². The molecule has 0 aliphatic rings. The van der Waals surface area contributed by atoms with Crippen LogP contribution in [-0.4, -0.2) is 14.6 Å². The van der Waals surface area contributed by atoms with Gasteiger partial charge in [0, 0.05) is 12.0 Å². The van der Waals surface area contributed by atoms with Crippen LogP contribution in [0.25, 0.3) is 5.52 Å². The summed E-state index contributed by atoms with van der Waals surface area (Å²) in [4.78, 5) is 15.3. The second-order valence-electron chi connectivity index (χ2n) is 4.93. The molecular weight excluding hydrogens is 274 g/mol. The second-order valence-corrected chi connectivity index (χ2v) is 4.93. The van der Waals surface area contributed by atoms with Crippen molar-refractivity contribution in [3.63, 3.8) is 0 Å². The Bertz CT molecular complexity index is 837. The Labute approximate surface area is 130 Å². The number of fused-ring (bicyclic) bond motifs is 1. The van der Waals surface area contributed by atoms with Crippen molar-refractivity contribution < 1.29 is 0 Å². The van der Waals surface area contributed by atoms with E-state index in [0.717, 1.165) is 17.6 Å². The summed E-state index contributed by atoms with van der Waals surface area (Å²) in [6.07, 6.45) is 2.25. The molecule has 0 fully saturated rings. The lowest BCUT2D eigenvalue weighted by molar-refractivity contribution is 0.830. The molecule has 3 rings (SSSR count). The molecule has 3 aromatic rings. The largest absolute Gasteiger partial charge is 0.276 e. The van der Waals surface area contributed by atoms with Gasteiger partial charge in [-0.2, -0.15) is 10.1 Å². The molecule has 1 aromatic carbocycles. The van der Waals surface area contributed by atoms with Crippen molar-refractivity contribution in [2.45, 2.75) is 34.1 Å². The number of hydrogen-bond acceptors (Lipinski definition) is 3. The fourth-order valence-electron chi connectivity index (χ4n) is 2.27. The van der Waals surface area contributed by atoms with Gasteiger partial charge in [-0.05, 0) is 37.1 Å². The molecule has 22 heavy (non-hydrogen) atoms. The normalized spacial score (nSPS) is 10.2. The first-order chi connectivity index (χ1) is 10.6. The molecule has 0 amide bonds. The Hall–Kier alpha value is -2.49. The van der Waals surface area contributed by atoms with E-state index < -0.39 is 0 Å². The number of aromatic nitrogens is 3. The highest BCUT2D eigenvalue weighted by Crippen LogP contribution is 2.13. The molecule has 4 heteroatoms. The molecule has 0 aliphatic heterocycles. The van der Waals surface area contributed by atoms with Gasteiger partial charge in [-0.15, -0.1) is 0 Å². The molecule has 2 aromatic heterocycles. The van der Waals surface area contributed by atoms with Crippen LogP contribution in [0.5, 0.6) is 0 Å². The van der Waals surface area contributed by atoms with Crippen LogP contribution in [0.4, 0.5) is 0 Å². The lowest BCUT2D eigenvalue weighted by Gasteiger charge is -2.07. The Morgan fingerprint density at radius 3 is 2.50 bits per heavy atom. The highest BCUT2D eigenvalue weighted by Gasteiger charge is 2.05. The van der Waals surface area contributed by atoms with E-state index in [0.29, 0.717) is 5.56 Å². The van der Waals surface area contributed by atoms with Crippen molar-refractivity contribution in [1.29, 1.82) is 0 Å². The Kier molecular flexibility index (Phi) is 5.04. The molecule has 114 valence electrons. The Balaban J connectivity index is 0.000000847. The van der Waals surface area contributed by atoms with Crippen LogP contribution < -0.4 is 5.56 Å². The topological polar surface area (TPSA) is 47.3 Å². The van der Waals surface area contributed by atoms with E-state index in [-0.39, 0.29) is 5.56 Å². The molecule has 0 saturated carbocycles. The van der Waals surface area contributed by atoms with E-state index in [2.05, 4.69) is 29.1 Å². The molecule has 0 N–H and O–H groups in total.